The van der Waals surface area contributed by atoms with Crippen molar-refractivity contribution in [3.05, 3.63) is 29.3 Å². The Kier molecular flexibility index (Phi) is 7.00. The number of carbonyl (C=O) groups excluding carboxylic acids is 5. The highest BCUT2D eigenvalue weighted by Crippen LogP contribution is 2.41. The maximum Gasteiger partial charge on any atom is 0.264 e. The predicted molar refractivity (Wildman–Crippen MR) is 135 cm³/mol. The van der Waals surface area contributed by atoms with Gasteiger partial charge in [0.25, 0.3) is 11.8 Å². The van der Waals surface area contributed by atoms with Gasteiger partial charge in [0.1, 0.15) is 6.04 Å². The van der Waals surface area contributed by atoms with Gasteiger partial charge in [0.05, 0.1) is 17.7 Å². The number of carbonyl (C=O) groups is 5. The molecule has 1 spiro atoms. The Balaban J connectivity index is 1.19. The number of imide groups is 2. The average molecular weight is 511 g/mol. The third-order valence-electron chi connectivity index (χ3n) is 8.44. The number of fused-ring (bicyclic) bond motifs is 1. The zero-order chi connectivity index (χ0) is 26.2. The highest BCUT2D eigenvalue weighted by Gasteiger charge is 2.45. The minimum absolute atomic E-state index is 0.00756. The van der Waals surface area contributed by atoms with Crippen molar-refractivity contribution in [2.45, 2.75) is 44.6 Å². The highest BCUT2D eigenvalue weighted by molar-refractivity contribution is 6.25. The third kappa shape index (κ3) is 4.85. The summed E-state index contributed by atoms with van der Waals surface area (Å²) in [6.07, 6.45) is 4.42. The van der Waals surface area contributed by atoms with Crippen LogP contribution < -0.4 is 16.4 Å². The number of nitrogens with two attached hydrogens (primary N) is 1. The molecule has 1 unspecified atom stereocenters. The van der Waals surface area contributed by atoms with Crippen molar-refractivity contribution < 1.29 is 24.0 Å². The van der Waals surface area contributed by atoms with E-state index in [9.17, 15) is 24.0 Å². The molecule has 5 rings (SSSR count). The Morgan fingerprint density at radius 1 is 1.03 bits per heavy atom. The fourth-order valence-corrected chi connectivity index (χ4v) is 6.11. The second-order valence-electron chi connectivity index (χ2n) is 10.5. The molecule has 0 aromatic heterocycles. The molecule has 5 amide bonds. The number of nitrogens with one attached hydrogen (secondary N) is 2. The van der Waals surface area contributed by atoms with Crippen molar-refractivity contribution in [1.29, 1.82) is 0 Å². The molecule has 0 bridgehead atoms. The van der Waals surface area contributed by atoms with Crippen molar-refractivity contribution in [2.75, 3.05) is 51.1 Å². The largest absolute Gasteiger partial charge is 0.375 e. The molecule has 11 heteroatoms. The Morgan fingerprint density at radius 3 is 2.41 bits per heavy atom. The normalized spacial score (nSPS) is 23.9. The van der Waals surface area contributed by atoms with Gasteiger partial charge in [-0.3, -0.25) is 34.2 Å². The van der Waals surface area contributed by atoms with Gasteiger partial charge in [-0.05, 0) is 62.7 Å². The first kappa shape index (κ1) is 25.3. The number of amides is 5. The molecule has 4 aliphatic rings. The summed E-state index contributed by atoms with van der Waals surface area (Å²) in [6, 6.07) is 3.82. The molecule has 11 nitrogen and oxygen atoms in total. The lowest BCUT2D eigenvalue weighted by molar-refractivity contribution is -0.136. The molecular weight excluding hydrogens is 476 g/mol. The Hall–Kier alpha value is -3.31. The van der Waals surface area contributed by atoms with E-state index in [1.165, 1.54) is 6.07 Å². The molecule has 3 saturated heterocycles. The lowest BCUT2D eigenvalue weighted by Gasteiger charge is -2.47. The molecule has 1 aromatic rings. The van der Waals surface area contributed by atoms with Crippen molar-refractivity contribution in [2.24, 2.45) is 11.1 Å². The van der Waals surface area contributed by atoms with Crippen LogP contribution in [0.4, 0.5) is 5.69 Å². The van der Waals surface area contributed by atoms with Crippen molar-refractivity contribution in [1.82, 2.24) is 20.0 Å². The summed E-state index contributed by atoms with van der Waals surface area (Å²) in [5.41, 5.74) is 6.73. The first-order chi connectivity index (χ1) is 17.8. The van der Waals surface area contributed by atoms with Crippen LogP contribution in [0, 0.1) is 5.41 Å². The number of hydrogen-bond donors (Lipinski definition) is 3. The van der Waals surface area contributed by atoms with Gasteiger partial charge < -0.3 is 20.9 Å². The number of nitrogens with zero attached hydrogens (tertiary/aromatic N) is 3. The van der Waals surface area contributed by atoms with Crippen LogP contribution in [0.5, 0.6) is 0 Å². The number of anilines is 1. The summed E-state index contributed by atoms with van der Waals surface area (Å²) >= 11 is 0. The first-order valence-electron chi connectivity index (χ1n) is 13.1. The maximum atomic E-state index is 13.2. The minimum atomic E-state index is -1.03. The Bertz CT molecular complexity index is 1120. The second-order valence-corrected chi connectivity index (χ2v) is 10.5. The molecule has 0 radical (unpaired) electrons. The van der Waals surface area contributed by atoms with Crippen LogP contribution >= 0.6 is 0 Å². The Labute approximate surface area is 215 Å². The molecule has 198 valence electrons. The van der Waals surface area contributed by atoms with E-state index in [0.29, 0.717) is 30.7 Å². The van der Waals surface area contributed by atoms with E-state index in [2.05, 4.69) is 15.5 Å². The molecular formula is C26H34N6O5. The van der Waals surface area contributed by atoms with Crippen LogP contribution in [-0.2, 0) is 14.4 Å². The standard InChI is InChI=1S/C26H34N6O5/c27-10-15-30-11-6-26(7-12-30)8-13-31(14-9-26)21(34)16-28-18-3-1-2-17-22(18)25(37)32(24(17)36)19-4-5-20(33)29-23(19)35/h1-3,19,28H,4-16,27H2,(H,29,33,35). The molecule has 1 atom stereocenters. The smallest absolute Gasteiger partial charge is 0.264 e. The number of piperidine rings is 3. The van der Waals surface area contributed by atoms with E-state index >= 15 is 0 Å². The fraction of sp³-hybridized carbons (Fsp3) is 0.577. The minimum Gasteiger partial charge on any atom is -0.375 e. The lowest BCUT2D eigenvalue weighted by atomic mass is 9.71. The Morgan fingerprint density at radius 2 is 1.73 bits per heavy atom. The monoisotopic (exact) mass is 510 g/mol. The SMILES string of the molecule is NCCN1CCC2(CC1)CCN(C(=O)CNc1cccc3c1C(=O)N(C1CCC(=O)NC1=O)C3=O)CC2. The van der Waals surface area contributed by atoms with Gasteiger partial charge in [-0.1, -0.05) is 6.07 Å². The van der Waals surface area contributed by atoms with E-state index in [0.717, 1.165) is 50.2 Å². The summed E-state index contributed by atoms with van der Waals surface area (Å²) < 4.78 is 0. The lowest BCUT2D eigenvalue weighted by Crippen LogP contribution is -2.54. The average Bonchev–Trinajstić information content (AvgIpc) is 3.15. The van der Waals surface area contributed by atoms with Crippen LogP contribution in [0.2, 0.25) is 0 Å². The third-order valence-corrected chi connectivity index (χ3v) is 8.44. The number of benzene rings is 1. The van der Waals surface area contributed by atoms with Crippen molar-refractivity contribution in [3.63, 3.8) is 0 Å². The maximum absolute atomic E-state index is 13.2. The number of rotatable bonds is 6. The van der Waals surface area contributed by atoms with Crippen molar-refractivity contribution in [3.8, 4) is 0 Å². The molecule has 4 aliphatic heterocycles. The summed E-state index contributed by atoms with van der Waals surface area (Å²) in [5.74, 6) is -2.27. The van der Waals surface area contributed by atoms with Gasteiger partial charge in [0.15, 0.2) is 0 Å². The highest BCUT2D eigenvalue weighted by atomic mass is 16.2. The fourth-order valence-electron chi connectivity index (χ4n) is 6.11. The van der Waals surface area contributed by atoms with Crippen LogP contribution in [-0.4, -0.2) is 96.1 Å². The number of likely N-dealkylation sites (tertiary alicyclic amines) is 2. The van der Waals surface area contributed by atoms with Gasteiger partial charge in [-0.25, -0.2) is 0 Å². The molecule has 0 aliphatic carbocycles. The topological polar surface area (TPSA) is 145 Å². The van der Waals surface area contributed by atoms with E-state index in [4.69, 9.17) is 5.73 Å². The summed E-state index contributed by atoms with van der Waals surface area (Å²) in [5, 5.41) is 5.26. The van der Waals surface area contributed by atoms with Crippen LogP contribution in [0.25, 0.3) is 0 Å². The van der Waals surface area contributed by atoms with Gasteiger partial charge in [-0.2, -0.15) is 0 Å². The first-order valence-corrected chi connectivity index (χ1v) is 13.1. The quantitative estimate of drug-likeness (QED) is 0.459. The van der Waals surface area contributed by atoms with E-state index in [1.807, 2.05) is 4.90 Å². The summed E-state index contributed by atoms with van der Waals surface area (Å²) in [4.78, 5) is 68.3. The van der Waals surface area contributed by atoms with Gasteiger partial charge in [0.2, 0.25) is 17.7 Å². The van der Waals surface area contributed by atoms with Crippen LogP contribution in [0.3, 0.4) is 0 Å². The molecule has 4 N–H and O–H groups in total. The van der Waals surface area contributed by atoms with Gasteiger partial charge in [0, 0.05) is 38.3 Å². The van der Waals surface area contributed by atoms with E-state index in [1.54, 1.807) is 12.1 Å². The van der Waals surface area contributed by atoms with Crippen LogP contribution in [0.15, 0.2) is 18.2 Å². The predicted octanol–water partition coefficient (Wildman–Crippen LogP) is 0.163. The zero-order valence-electron chi connectivity index (χ0n) is 21.0. The zero-order valence-corrected chi connectivity index (χ0v) is 21.0. The molecule has 1 aromatic carbocycles. The molecule has 4 heterocycles. The molecule has 3 fully saturated rings. The molecule has 37 heavy (non-hydrogen) atoms. The van der Waals surface area contributed by atoms with E-state index in [-0.39, 0.29) is 36.4 Å². The summed E-state index contributed by atoms with van der Waals surface area (Å²) in [7, 11) is 0. The van der Waals surface area contributed by atoms with Gasteiger partial charge in [-0.15, -0.1) is 0 Å². The second kappa shape index (κ2) is 10.2. The van der Waals surface area contributed by atoms with Crippen LogP contribution in [0.1, 0.15) is 59.2 Å². The summed E-state index contributed by atoms with van der Waals surface area (Å²) in [6.45, 7) is 5.18. The molecule has 0 saturated carbocycles. The van der Waals surface area contributed by atoms with Crippen molar-refractivity contribution >= 4 is 35.2 Å². The van der Waals surface area contributed by atoms with Gasteiger partial charge >= 0.3 is 0 Å². The van der Waals surface area contributed by atoms with E-state index < -0.39 is 29.7 Å². The number of hydrogen-bond acceptors (Lipinski definition) is 8.